The average Bonchev–Trinajstić information content (AvgIpc) is 2.33. The van der Waals surface area contributed by atoms with Gasteiger partial charge in [0.05, 0.1) is 18.7 Å². The molecule has 56 valence electrons. The summed E-state index contributed by atoms with van der Waals surface area (Å²) in [7, 11) is 0. The second-order valence-corrected chi connectivity index (χ2v) is 7.11. The Balaban J connectivity index is 2.60. The van der Waals surface area contributed by atoms with Gasteiger partial charge in [0, 0.05) is 0 Å². The molecule has 0 spiro atoms. The zero-order chi connectivity index (χ0) is 7.61. The molecule has 10 heavy (non-hydrogen) atoms. The van der Waals surface area contributed by atoms with Crippen molar-refractivity contribution in [3.8, 4) is 12.3 Å². The fraction of sp³-hybridized carbons (Fsp3) is 0.667. The summed E-state index contributed by atoms with van der Waals surface area (Å²) in [5.74, 6) is 2.61. The molecule has 1 aliphatic rings. The van der Waals surface area contributed by atoms with Crippen LogP contribution >= 0.6 is 18.0 Å². The monoisotopic (exact) mass is 176 g/mol. The summed E-state index contributed by atoms with van der Waals surface area (Å²) < 4.78 is 16.5. The van der Waals surface area contributed by atoms with E-state index in [1.54, 1.807) is 6.26 Å². The normalized spacial score (nSPS) is 39.4. The summed E-state index contributed by atoms with van der Waals surface area (Å²) in [6.45, 7) is -1.88. The third kappa shape index (κ3) is 1.58. The van der Waals surface area contributed by atoms with Gasteiger partial charge in [-0.15, -0.1) is 12.3 Å². The van der Waals surface area contributed by atoms with Gasteiger partial charge in [0.25, 0.3) is 6.57 Å². The fourth-order valence-electron chi connectivity index (χ4n) is 0.807. The molecule has 0 aromatic rings. The highest BCUT2D eigenvalue weighted by Gasteiger charge is 2.33. The lowest BCUT2D eigenvalue weighted by Crippen LogP contribution is -1.96. The Hall–Kier alpha value is 0.100. The zero-order valence-corrected chi connectivity index (χ0v) is 7.45. The predicted octanol–water partition coefficient (Wildman–Crippen LogP) is 1.82. The van der Waals surface area contributed by atoms with Gasteiger partial charge in [-0.3, -0.25) is 4.57 Å². The molecule has 0 N–H and O–H groups in total. The minimum Gasteiger partial charge on any atom is -0.320 e. The van der Waals surface area contributed by atoms with E-state index in [9.17, 15) is 4.57 Å². The number of rotatable bonds is 1. The largest absolute Gasteiger partial charge is 0.320 e. The molecular formula is C6H9O2PS. The van der Waals surface area contributed by atoms with Crippen molar-refractivity contribution in [2.24, 2.45) is 5.92 Å². The molecule has 1 rings (SSSR count). The first-order chi connectivity index (χ1) is 4.70. The third-order valence-electron chi connectivity index (χ3n) is 1.43. The molecule has 0 bridgehead atoms. The van der Waals surface area contributed by atoms with E-state index in [-0.39, 0.29) is 5.92 Å². The number of terminal acetylenes is 1. The average molecular weight is 176 g/mol. The van der Waals surface area contributed by atoms with Gasteiger partial charge in [0.15, 0.2) is 0 Å². The van der Waals surface area contributed by atoms with Gasteiger partial charge in [0.1, 0.15) is 0 Å². The van der Waals surface area contributed by atoms with E-state index in [2.05, 4.69) is 5.92 Å². The Labute approximate surface area is 64.9 Å². The second-order valence-electron chi connectivity index (χ2n) is 2.14. The van der Waals surface area contributed by atoms with Crippen molar-refractivity contribution >= 4 is 18.0 Å². The van der Waals surface area contributed by atoms with Crippen LogP contribution in [0.2, 0.25) is 0 Å². The van der Waals surface area contributed by atoms with Crippen LogP contribution in [-0.4, -0.2) is 19.0 Å². The SMILES string of the molecule is C#CC1COP(=O)(SC)C1. The third-order valence-corrected chi connectivity index (χ3v) is 5.85. The van der Waals surface area contributed by atoms with Crippen LogP contribution in [-0.2, 0) is 9.09 Å². The molecule has 0 aromatic heterocycles. The van der Waals surface area contributed by atoms with Gasteiger partial charge in [-0.1, -0.05) is 11.4 Å². The lowest BCUT2D eigenvalue weighted by molar-refractivity contribution is 0.341. The lowest BCUT2D eigenvalue weighted by Gasteiger charge is -2.03. The summed E-state index contributed by atoms with van der Waals surface area (Å²) in [5.41, 5.74) is 0. The van der Waals surface area contributed by atoms with Crippen molar-refractivity contribution in [3.05, 3.63) is 0 Å². The topological polar surface area (TPSA) is 26.3 Å². The van der Waals surface area contributed by atoms with Crippen LogP contribution in [0, 0.1) is 18.3 Å². The summed E-state index contributed by atoms with van der Waals surface area (Å²) in [6, 6.07) is 0. The molecule has 0 aromatic carbocycles. The Morgan fingerprint density at radius 3 is 2.90 bits per heavy atom. The first kappa shape index (κ1) is 8.20. The molecule has 0 radical (unpaired) electrons. The van der Waals surface area contributed by atoms with Crippen molar-refractivity contribution in [3.63, 3.8) is 0 Å². The second kappa shape index (κ2) is 3.00. The van der Waals surface area contributed by atoms with Gasteiger partial charge >= 0.3 is 0 Å². The molecular weight excluding hydrogens is 167 g/mol. The van der Waals surface area contributed by atoms with E-state index in [1.165, 1.54) is 11.4 Å². The molecule has 1 fully saturated rings. The van der Waals surface area contributed by atoms with Gasteiger partial charge in [-0.25, -0.2) is 0 Å². The molecule has 0 amide bonds. The van der Waals surface area contributed by atoms with Crippen molar-refractivity contribution in [1.82, 2.24) is 0 Å². The fourth-order valence-corrected chi connectivity index (χ4v) is 3.81. The van der Waals surface area contributed by atoms with E-state index in [4.69, 9.17) is 10.9 Å². The maximum absolute atomic E-state index is 11.4. The Morgan fingerprint density at radius 1 is 1.90 bits per heavy atom. The number of hydrogen-bond donors (Lipinski definition) is 0. The Bertz CT molecular complexity index is 208. The minimum absolute atomic E-state index is 0.0679. The van der Waals surface area contributed by atoms with Crippen LogP contribution in [0.15, 0.2) is 0 Å². The maximum atomic E-state index is 11.4. The number of hydrogen-bond acceptors (Lipinski definition) is 3. The van der Waals surface area contributed by atoms with Gasteiger partial charge in [-0.2, -0.15) is 0 Å². The highest BCUT2D eigenvalue weighted by molar-refractivity contribution is 8.56. The highest BCUT2D eigenvalue weighted by atomic mass is 32.7. The van der Waals surface area contributed by atoms with Crippen molar-refractivity contribution in [2.75, 3.05) is 19.0 Å². The molecule has 2 unspecified atom stereocenters. The van der Waals surface area contributed by atoms with E-state index in [1.807, 2.05) is 0 Å². The summed E-state index contributed by atoms with van der Waals surface area (Å²) in [4.78, 5) is 0. The summed E-state index contributed by atoms with van der Waals surface area (Å²) in [6.07, 6.45) is 7.49. The molecule has 2 nitrogen and oxygen atoms in total. The molecule has 1 aliphatic heterocycles. The minimum atomic E-state index is -2.35. The lowest BCUT2D eigenvalue weighted by atomic mass is 10.2. The molecule has 1 heterocycles. The first-order valence-electron chi connectivity index (χ1n) is 2.95. The molecule has 1 saturated heterocycles. The van der Waals surface area contributed by atoms with Crippen LogP contribution in [0.25, 0.3) is 0 Å². The standard InChI is InChI=1S/C6H9O2PS/c1-3-6-4-8-9(7,5-6)10-2/h1,6H,4-5H2,2H3. The summed E-state index contributed by atoms with van der Waals surface area (Å²) >= 11 is 1.29. The van der Waals surface area contributed by atoms with Crippen LogP contribution in [0.5, 0.6) is 0 Å². The maximum Gasteiger partial charge on any atom is 0.258 e. The van der Waals surface area contributed by atoms with Gasteiger partial charge in [0.2, 0.25) is 0 Å². The van der Waals surface area contributed by atoms with Gasteiger partial charge < -0.3 is 4.52 Å². The van der Waals surface area contributed by atoms with Crippen LogP contribution in [0.4, 0.5) is 0 Å². The Morgan fingerprint density at radius 2 is 2.60 bits per heavy atom. The molecule has 2 atom stereocenters. The smallest absolute Gasteiger partial charge is 0.258 e. The Kier molecular flexibility index (Phi) is 2.46. The van der Waals surface area contributed by atoms with Crippen LogP contribution in [0.3, 0.4) is 0 Å². The predicted molar refractivity (Wildman–Crippen MR) is 44.3 cm³/mol. The van der Waals surface area contributed by atoms with Crippen molar-refractivity contribution in [2.45, 2.75) is 0 Å². The van der Waals surface area contributed by atoms with E-state index in [0.29, 0.717) is 12.8 Å². The van der Waals surface area contributed by atoms with E-state index in [0.717, 1.165) is 0 Å². The van der Waals surface area contributed by atoms with Crippen molar-refractivity contribution < 1.29 is 9.09 Å². The first-order valence-corrected chi connectivity index (χ1v) is 6.59. The van der Waals surface area contributed by atoms with Gasteiger partial charge in [-0.05, 0) is 6.26 Å². The van der Waals surface area contributed by atoms with E-state index < -0.39 is 6.57 Å². The zero-order valence-electron chi connectivity index (χ0n) is 5.74. The molecule has 0 aliphatic carbocycles. The molecule has 4 heteroatoms. The highest BCUT2D eigenvalue weighted by Crippen LogP contribution is 2.62. The molecule has 0 saturated carbocycles. The van der Waals surface area contributed by atoms with Crippen LogP contribution in [0.1, 0.15) is 0 Å². The summed E-state index contributed by atoms with van der Waals surface area (Å²) in [5, 5.41) is 0. The van der Waals surface area contributed by atoms with Crippen molar-refractivity contribution in [1.29, 1.82) is 0 Å². The van der Waals surface area contributed by atoms with Crippen LogP contribution < -0.4 is 0 Å². The van der Waals surface area contributed by atoms with E-state index >= 15 is 0 Å². The quantitative estimate of drug-likeness (QED) is 0.450.